The van der Waals surface area contributed by atoms with Crippen molar-refractivity contribution in [2.75, 3.05) is 20.7 Å². The molecule has 0 spiro atoms. The van der Waals surface area contributed by atoms with Gasteiger partial charge in [0.15, 0.2) is 6.10 Å². The predicted octanol–water partition coefficient (Wildman–Crippen LogP) is 4.21. The second-order valence-corrected chi connectivity index (χ2v) is 6.84. The van der Waals surface area contributed by atoms with Gasteiger partial charge in [-0.1, -0.05) is 35.5 Å². The molecule has 152 valence electrons. The van der Waals surface area contributed by atoms with Gasteiger partial charge in [0.1, 0.15) is 23.0 Å². The van der Waals surface area contributed by atoms with E-state index in [1.165, 1.54) is 0 Å². The Kier molecular flexibility index (Phi) is 6.89. The first-order chi connectivity index (χ1) is 14.1. The number of amides is 1. The smallest absolute Gasteiger partial charge is 0.263 e. The van der Waals surface area contributed by atoms with Crippen LogP contribution in [0.1, 0.15) is 19.1 Å². The number of carbonyl (C=O) groups is 1. The summed E-state index contributed by atoms with van der Waals surface area (Å²) in [5, 5.41) is 4.12. The molecule has 0 aliphatic rings. The summed E-state index contributed by atoms with van der Waals surface area (Å²) in [5.41, 5.74) is 1.85. The molecule has 0 bridgehead atoms. The maximum absolute atomic E-state index is 12.5. The summed E-state index contributed by atoms with van der Waals surface area (Å²) < 4.78 is 16.3. The molecule has 3 aromatic rings. The van der Waals surface area contributed by atoms with Crippen LogP contribution in [0.2, 0.25) is 0 Å². The molecule has 1 aromatic heterocycles. The molecule has 0 fully saturated rings. The van der Waals surface area contributed by atoms with Gasteiger partial charge in [-0.2, -0.15) is 0 Å². The van der Waals surface area contributed by atoms with Crippen LogP contribution in [0.15, 0.2) is 65.2 Å². The van der Waals surface area contributed by atoms with Crippen LogP contribution in [-0.2, 0) is 11.2 Å². The molecule has 1 atom stereocenters. The first kappa shape index (κ1) is 20.5. The average molecular weight is 394 g/mol. The molecule has 3 rings (SSSR count). The molecule has 0 saturated heterocycles. The fourth-order valence-electron chi connectivity index (χ4n) is 3.00. The first-order valence-electron chi connectivity index (χ1n) is 9.63. The van der Waals surface area contributed by atoms with Crippen molar-refractivity contribution in [3.8, 4) is 22.8 Å². The lowest BCUT2D eigenvalue weighted by Gasteiger charge is -2.22. The minimum Gasteiger partial charge on any atom is -0.497 e. The van der Waals surface area contributed by atoms with Crippen molar-refractivity contribution < 1.29 is 18.8 Å². The number of ether oxygens (including phenoxy) is 2. The molecule has 6 heteroatoms. The average Bonchev–Trinajstić information content (AvgIpc) is 3.23. The van der Waals surface area contributed by atoms with Crippen molar-refractivity contribution in [1.82, 2.24) is 10.1 Å². The summed E-state index contributed by atoms with van der Waals surface area (Å²) in [4.78, 5) is 14.2. The van der Waals surface area contributed by atoms with Gasteiger partial charge in [0.25, 0.3) is 5.91 Å². The monoisotopic (exact) mass is 394 g/mol. The van der Waals surface area contributed by atoms with Crippen molar-refractivity contribution in [3.05, 3.63) is 66.4 Å². The Balaban J connectivity index is 1.45. The predicted molar refractivity (Wildman–Crippen MR) is 111 cm³/mol. The van der Waals surface area contributed by atoms with Gasteiger partial charge in [-0.3, -0.25) is 4.79 Å². The third-order valence-electron chi connectivity index (χ3n) is 4.64. The number of nitrogens with zero attached hydrogens (tertiary/aromatic N) is 2. The van der Waals surface area contributed by atoms with Crippen molar-refractivity contribution >= 4 is 5.91 Å². The number of hydrogen-bond donors (Lipinski definition) is 0. The van der Waals surface area contributed by atoms with Gasteiger partial charge in [0.05, 0.1) is 7.11 Å². The Morgan fingerprint density at radius 2 is 1.79 bits per heavy atom. The van der Waals surface area contributed by atoms with Gasteiger partial charge in [-0.05, 0) is 37.6 Å². The number of rotatable bonds is 9. The summed E-state index contributed by atoms with van der Waals surface area (Å²) in [7, 11) is 3.39. The second-order valence-electron chi connectivity index (χ2n) is 6.84. The van der Waals surface area contributed by atoms with Crippen LogP contribution in [0.5, 0.6) is 11.5 Å². The van der Waals surface area contributed by atoms with Crippen LogP contribution < -0.4 is 9.47 Å². The van der Waals surface area contributed by atoms with Crippen LogP contribution in [0.4, 0.5) is 0 Å². The zero-order valence-corrected chi connectivity index (χ0v) is 17.0. The fraction of sp³-hybridized carbons (Fsp3) is 0.304. The van der Waals surface area contributed by atoms with Crippen LogP contribution in [0, 0.1) is 0 Å². The van der Waals surface area contributed by atoms with E-state index in [-0.39, 0.29) is 5.91 Å². The Morgan fingerprint density at radius 3 is 2.48 bits per heavy atom. The topological polar surface area (TPSA) is 64.8 Å². The number of aryl methyl sites for hydroxylation is 1. The molecule has 0 aliphatic heterocycles. The number of likely N-dealkylation sites (N-methyl/N-ethyl adjacent to an activating group) is 1. The van der Waals surface area contributed by atoms with E-state index in [1.807, 2.05) is 36.4 Å². The lowest BCUT2D eigenvalue weighted by molar-refractivity contribution is -0.136. The molecule has 0 N–H and O–H groups in total. The van der Waals surface area contributed by atoms with E-state index in [4.69, 9.17) is 14.0 Å². The molecule has 0 aliphatic carbocycles. The van der Waals surface area contributed by atoms with Gasteiger partial charge in [0, 0.05) is 31.6 Å². The van der Waals surface area contributed by atoms with Gasteiger partial charge in [-0.25, -0.2) is 0 Å². The highest BCUT2D eigenvalue weighted by atomic mass is 16.5. The normalized spacial score (nSPS) is 11.7. The van der Waals surface area contributed by atoms with E-state index in [0.717, 1.165) is 29.2 Å². The van der Waals surface area contributed by atoms with Crippen molar-refractivity contribution in [1.29, 1.82) is 0 Å². The van der Waals surface area contributed by atoms with E-state index in [2.05, 4.69) is 5.16 Å². The third-order valence-corrected chi connectivity index (χ3v) is 4.64. The van der Waals surface area contributed by atoms with Crippen molar-refractivity contribution in [3.63, 3.8) is 0 Å². The molecule has 1 heterocycles. The highest BCUT2D eigenvalue weighted by molar-refractivity contribution is 5.80. The Labute approximate surface area is 171 Å². The molecule has 0 saturated carbocycles. The van der Waals surface area contributed by atoms with E-state index in [1.54, 1.807) is 50.2 Å². The molecule has 2 aromatic carbocycles. The zero-order valence-electron chi connectivity index (χ0n) is 17.0. The summed E-state index contributed by atoms with van der Waals surface area (Å²) >= 11 is 0. The summed E-state index contributed by atoms with van der Waals surface area (Å²) in [6, 6.07) is 19.0. The highest BCUT2D eigenvalue weighted by Gasteiger charge is 2.19. The van der Waals surface area contributed by atoms with Gasteiger partial charge >= 0.3 is 0 Å². The van der Waals surface area contributed by atoms with Gasteiger partial charge in [-0.15, -0.1) is 0 Å². The molecule has 6 nitrogen and oxygen atoms in total. The van der Waals surface area contributed by atoms with Crippen molar-refractivity contribution in [2.45, 2.75) is 25.9 Å². The second kappa shape index (κ2) is 9.78. The summed E-state index contributed by atoms with van der Waals surface area (Å²) in [6.45, 7) is 2.36. The quantitative estimate of drug-likeness (QED) is 0.544. The molecule has 29 heavy (non-hydrogen) atoms. The SMILES string of the molecule is COc1ccc(OC(C)C(=O)N(C)CCCc2cc(-c3ccccc3)no2)cc1. The Bertz CT molecular complexity index is 906. The van der Waals surface area contributed by atoms with E-state index in [0.29, 0.717) is 18.7 Å². The minimum absolute atomic E-state index is 0.0663. The van der Waals surface area contributed by atoms with Crippen molar-refractivity contribution in [2.24, 2.45) is 0 Å². The van der Waals surface area contributed by atoms with E-state index >= 15 is 0 Å². The molecule has 0 radical (unpaired) electrons. The van der Waals surface area contributed by atoms with Crippen LogP contribution in [0.3, 0.4) is 0 Å². The van der Waals surface area contributed by atoms with E-state index in [9.17, 15) is 4.79 Å². The number of methoxy groups -OCH3 is 1. The van der Waals surface area contributed by atoms with Crippen LogP contribution >= 0.6 is 0 Å². The summed E-state index contributed by atoms with van der Waals surface area (Å²) in [6.07, 6.45) is 0.926. The Hall–Kier alpha value is -3.28. The molecule has 1 amide bonds. The highest BCUT2D eigenvalue weighted by Crippen LogP contribution is 2.20. The minimum atomic E-state index is -0.566. The number of aromatic nitrogens is 1. The van der Waals surface area contributed by atoms with Crippen LogP contribution in [-0.4, -0.2) is 42.8 Å². The van der Waals surface area contributed by atoms with E-state index < -0.39 is 6.10 Å². The molecular weight excluding hydrogens is 368 g/mol. The standard InChI is InChI=1S/C23H26N2O4/c1-17(28-20-13-11-19(27-3)12-14-20)23(26)25(2)15-7-10-21-16-22(24-29-21)18-8-5-4-6-9-18/h4-6,8-9,11-14,16-17H,7,10,15H2,1-3H3. The number of hydrogen-bond acceptors (Lipinski definition) is 5. The van der Waals surface area contributed by atoms with Crippen LogP contribution in [0.25, 0.3) is 11.3 Å². The van der Waals surface area contributed by atoms with Gasteiger partial charge in [0.2, 0.25) is 0 Å². The largest absolute Gasteiger partial charge is 0.497 e. The summed E-state index contributed by atoms with van der Waals surface area (Å²) in [5.74, 6) is 2.13. The van der Waals surface area contributed by atoms with Gasteiger partial charge < -0.3 is 18.9 Å². The lowest BCUT2D eigenvalue weighted by atomic mass is 10.1. The molecular formula is C23H26N2O4. The molecule has 1 unspecified atom stereocenters. The zero-order chi connectivity index (χ0) is 20.6. The third kappa shape index (κ3) is 5.60. The maximum atomic E-state index is 12.5. The number of carbonyl (C=O) groups excluding carboxylic acids is 1. The fourth-order valence-corrected chi connectivity index (χ4v) is 3.00. The first-order valence-corrected chi connectivity index (χ1v) is 9.63. The lowest BCUT2D eigenvalue weighted by Crippen LogP contribution is -2.38. The Morgan fingerprint density at radius 1 is 1.10 bits per heavy atom. The number of benzene rings is 2. The maximum Gasteiger partial charge on any atom is 0.263 e.